The van der Waals surface area contributed by atoms with Gasteiger partial charge in [-0.15, -0.1) is 20.4 Å². The van der Waals surface area contributed by atoms with Crippen LogP contribution in [0.4, 0.5) is 4.39 Å². The van der Waals surface area contributed by atoms with E-state index in [9.17, 15) is 4.39 Å². The summed E-state index contributed by atoms with van der Waals surface area (Å²) in [6.45, 7) is 1.93. The number of thioether (sulfide) groups is 1. The van der Waals surface area contributed by atoms with E-state index in [1.807, 2.05) is 6.92 Å². The SMILES string of the molecule is C[C@@H](Sc1nnc(C2CC2)n1N)c1nnc(-c2ccc(F)cc2)o1. The van der Waals surface area contributed by atoms with Crippen LogP contribution in [0.3, 0.4) is 0 Å². The Morgan fingerprint density at radius 2 is 1.96 bits per heavy atom. The summed E-state index contributed by atoms with van der Waals surface area (Å²) in [6.07, 6.45) is 2.22. The second kappa shape index (κ2) is 5.90. The van der Waals surface area contributed by atoms with E-state index in [4.69, 9.17) is 10.3 Å². The quantitative estimate of drug-likeness (QED) is 0.560. The molecule has 2 heterocycles. The first kappa shape index (κ1) is 15.1. The van der Waals surface area contributed by atoms with Gasteiger partial charge in [-0.3, -0.25) is 0 Å². The molecule has 0 saturated heterocycles. The maximum Gasteiger partial charge on any atom is 0.247 e. The van der Waals surface area contributed by atoms with Crippen molar-refractivity contribution in [1.29, 1.82) is 0 Å². The average molecular weight is 346 g/mol. The molecule has 0 unspecified atom stereocenters. The number of rotatable bonds is 5. The molecule has 0 amide bonds. The molecular formula is C15H15FN6OS. The summed E-state index contributed by atoms with van der Waals surface area (Å²) >= 11 is 1.41. The van der Waals surface area contributed by atoms with Gasteiger partial charge in [-0.05, 0) is 44.0 Å². The van der Waals surface area contributed by atoms with Crippen molar-refractivity contribution in [2.45, 2.75) is 36.1 Å². The number of hydrogen-bond acceptors (Lipinski definition) is 7. The molecule has 1 saturated carbocycles. The van der Waals surface area contributed by atoms with Crippen LogP contribution in [0.25, 0.3) is 11.5 Å². The average Bonchev–Trinajstić information content (AvgIpc) is 3.18. The molecule has 1 aromatic carbocycles. The number of benzene rings is 1. The third-order valence-corrected chi connectivity index (χ3v) is 4.84. The third-order valence-electron chi connectivity index (χ3n) is 3.80. The van der Waals surface area contributed by atoms with Gasteiger partial charge < -0.3 is 10.3 Å². The minimum absolute atomic E-state index is 0.134. The summed E-state index contributed by atoms with van der Waals surface area (Å²) in [6, 6.07) is 5.91. The second-order valence-corrected chi connectivity index (χ2v) is 7.01. The molecule has 0 bridgehead atoms. The number of hydrogen-bond donors (Lipinski definition) is 1. The fourth-order valence-electron chi connectivity index (χ4n) is 2.31. The molecule has 2 aromatic heterocycles. The van der Waals surface area contributed by atoms with E-state index in [0.29, 0.717) is 28.4 Å². The summed E-state index contributed by atoms with van der Waals surface area (Å²) in [7, 11) is 0. The Balaban J connectivity index is 1.50. The number of nitrogen functional groups attached to an aromatic ring is 1. The van der Waals surface area contributed by atoms with Gasteiger partial charge in [0.05, 0.1) is 5.25 Å². The summed E-state index contributed by atoms with van der Waals surface area (Å²) in [5, 5.41) is 16.9. The lowest BCUT2D eigenvalue weighted by atomic mass is 10.2. The molecule has 0 radical (unpaired) electrons. The van der Waals surface area contributed by atoms with E-state index < -0.39 is 0 Å². The Bertz CT molecular complexity index is 857. The number of aromatic nitrogens is 5. The number of nitrogens with two attached hydrogens (primary N) is 1. The van der Waals surface area contributed by atoms with Crippen LogP contribution < -0.4 is 5.84 Å². The van der Waals surface area contributed by atoms with Gasteiger partial charge in [-0.2, -0.15) is 0 Å². The Hall–Kier alpha value is -2.42. The predicted octanol–water partition coefficient (Wildman–Crippen LogP) is 2.91. The second-order valence-electron chi connectivity index (χ2n) is 5.70. The van der Waals surface area contributed by atoms with E-state index >= 15 is 0 Å². The molecule has 4 rings (SSSR count). The Kier molecular flexibility index (Phi) is 3.72. The van der Waals surface area contributed by atoms with Crippen LogP contribution in [0, 0.1) is 5.82 Å². The van der Waals surface area contributed by atoms with Gasteiger partial charge in [0.2, 0.25) is 16.9 Å². The van der Waals surface area contributed by atoms with Crippen molar-refractivity contribution in [3.8, 4) is 11.5 Å². The van der Waals surface area contributed by atoms with Gasteiger partial charge >= 0.3 is 0 Å². The molecule has 0 aliphatic heterocycles. The Morgan fingerprint density at radius 1 is 1.21 bits per heavy atom. The highest BCUT2D eigenvalue weighted by molar-refractivity contribution is 7.99. The lowest BCUT2D eigenvalue weighted by molar-refractivity contribution is 0.508. The Morgan fingerprint density at radius 3 is 2.67 bits per heavy atom. The largest absolute Gasteiger partial charge is 0.419 e. The molecule has 1 atom stereocenters. The van der Waals surface area contributed by atoms with E-state index in [0.717, 1.165) is 18.7 Å². The molecule has 9 heteroatoms. The fraction of sp³-hybridized carbons (Fsp3) is 0.333. The Labute approximate surface area is 141 Å². The van der Waals surface area contributed by atoms with Crippen LogP contribution >= 0.6 is 11.8 Å². The van der Waals surface area contributed by atoms with Crippen molar-refractivity contribution in [3.63, 3.8) is 0 Å². The van der Waals surface area contributed by atoms with Crippen LogP contribution in [0.1, 0.15) is 42.6 Å². The molecule has 1 fully saturated rings. The molecule has 1 aliphatic carbocycles. The van der Waals surface area contributed by atoms with E-state index in [1.165, 1.54) is 28.6 Å². The van der Waals surface area contributed by atoms with E-state index in [1.54, 1.807) is 12.1 Å². The first-order valence-electron chi connectivity index (χ1n) is 7.58. The maximum absolute atomic E-state index is 13.0. The molecule has 24 heavy (non-hydrogen) atoms. The molecule has 124 valence electrons. The van der Waals surface area contributed by atoms with E-state index in [-0.39, 0.29) is 11.1 Å². The summed E-state index contributed by atoms with van der Waals surface area (Å²) in [5.41, 5.74) is 0.672. The van der Waals surface area contributed by atoms with Gasteiger partial charge in [0, 0.05) is 11.5 Å². The third kappa shape index (κ3) is 2.86. The maximum atomic E-state index is 13.0. The molecule has 7 nitrogen and oxygen atoms in total. The summed E-state index contributed by atoms with van der Waals surface area (Å²) in [4.78, 5) is 0. The highest BCUT2D eigenvalue weighted by Gasteiger charge is 2.30. The zero-order valence-corrected chi connectivity index (χ0v) is 13.7. The molecule has 1 aliphatic rings. The normalized spacial score (nSPS) is 15.6. The van der Waals surface area contributed by atoms with Crippen LogP contribution in [0.5, 0.6) is 0 Å². The van der Waals surface area contributed by atoms with Gasteiger partial charge in [-0.1, -0.05) is 11.8 Å². The number of nitrogens with zero attached hydrogens (tertiary/aromatic N) is 5. The van der Waals surface area contributed by atoms with Crippen LogP contribution in [-0.4, -0.2) is 25.1 Å². The van der Waals surface area contributed by atoms with Crippen LogP contribution in [0.2, 0.25) is 0 Å². The van der Waals surface area contributed by atoms with Gasteiger partial charge in [0.1, 0.15) is 5.82 Å². The molecule has 0 spiro atoms. The zero-order chi connectivity index (χ0) is 16.7. The van der Waals surface area contributed by atoms with E-state index in [2.05, 4.69) is 20.4 Å². The van der Waals surface area contributed by atoms with Crippen molar-refractivity contribution in [2.75, 3.05) is 5.84 Å². The van der Waals surface area contributed by atoms with Crippen molar-refractivity contribution >= 4 is 11.8 Å². The van der Waals surface area contributed by atoms with Crippen molar-refractivity contribution in [2.24, 2.45) is 0 Å². The number of halogens is 1. The predicted molar refractivity (Wildman–Crippen MR) is 86.1 cm³/mol. The topological polar surface area (TPSA) is 95.7 Å². The first-order valence-corrected chi connectivity index (χ1v) is 8.46. The minimum Gasteiger partial charge on any atom is -0.419 e. The van der Waals surface area contributed by atoms with Crippen LogP contribution in [0.15, 0.2) is 33.8 Å². The highest BCUT2D eigenvalue weighted by Crippen LogP contribution is 2.40. The van der Waals surface area contributed by atoms with Crippen molar-refractivity contribution in [1.82, 2.24) is 25.1 Å². The smallest absolute Gasteiger partial charge is 0.247 e. The highest BCUT2D eigenvalue weighted by atomic mass is 32.2. The standard InChI is InChI=1S/C15H15FN6OS/c1-8(24-15-21-18-12(22(15)17)9-2-3-9)13-19-20-14(23-13)10-4-6-11(16)7-5-10/h4-9H,2-3,17H2,1H3/t8-/m1/s1. The zero-order valence-electron chi connectivity index (χ0n) is 12.9. The summed E-state index contributed by atoms with van der Waals surface area (Å²) < 4.78 is 20.2. The monoisotopic (exact) mass is 346 g/mol. The first-order chi connectivity index (χ1) is 11.6. The van der Waals surface area contributed by atoms with Gasteiger partial charge in [0.15, 0.2) is 5.82 Å². The summed E-state index contributed by atoms with van der Waals surface area (Å²) in [5.74, 6) is 7.80. The fourth-order valence-corrected chi connectivity index (χ4v) is 3.11. The lowest BCUT2D eigenvalue weighted by Crippen LogP contribution is -2.13. The van der Waals surface area contributed by atoms with Crippen molar-refractivity contribution < 1.29 is 8.81 Å². The minimum atomic E-state index is -0.309. The van der Waals surface area contributed by atoms with Gasteiger partial charge in [-0.25, -0.2) is 9.07 Å². The molecule has 3 aromatic rings. The van der Waals surface area contributed by atoms with Gasteiger partial charge in [0.25, 0.3) is 0 Å². The lowest BCUT2D eigenvalue weighted by Gasteiger charge is -2.06. The molecule has 2 N–H and O–H groups in total. The van der Waals surface area contributed by atoms with Crippen LogP contribution in [-0.2, 0) is 0 Å². The molecular weight excluding hydrogens is 331 g/mol. The van der Waals surface area contributed by atoms with Crippen molar-refractivity contribution in [3.05, 3.63) is 41.8 Å².